The number of sulfonamides is 1. The predicted molar refractivity (Wildman–Crippen MR) is 62.3 cm³/mol. The van der Waals surface area contributed by atoms with Crippen molar-refractivity contribution in [1.29, 1.82) is 0 Å². The van der Waals surface area contributed by atoms with Crippen LogP contribution in [0.5, 0.6) is 0 Å². The van der Waals surface area contributed by atoms with Crippen molar-refractivity contribution in [1.82, 2.24) is 4.31 Å². The number of ether oxygens (including phenoxy) is 1. The highest BCUT2D eigenvalue weighted by molar-refractivity contribution is 7.90. The molecule has 0 spiro atoms. The third-order valence-corrected chi connectivity index (χ3v) is 5.50. The van der Waals surface area contributed by atoms with Crippen molar-refractivity contribution < 1.29 is 23.1 Å². The van der Waals surface area contributed by atoms with Crippen LogP contribution in [-0.2, 0) is 19.6 Å². The maximum absolute atomic E-state index is 12.3. The van der Waals surface area contributed by atoms with Crippen LogP contribution in [0.4, 0.5) is 0 Å². The molecular formula is C10H19NO5S. The molecule has 0 aromatic carbocycles. The standard InChI is InChI=1S/C10H19NO5S/c1-3-6-11(7-9(12)13)17(14,15)10(4-5-10)8-16-2/h3-8H2,1-2H3,(H,12,13). The third-order valence-electron chi connectivity index (χ3n) is 2.89. The lowest BCUT2D eigenvalue weighted by molar-refractivity contribution is -0.137. The van der Waals surface area contributed by atoms with Crippen molar-refractivity contribution in [3.05, 3.63) is 0 Å². The minimum absolute atomic E-state index is 0.134. The molecule has 0 aliphatic heterocycles. The Hall–Kier alpha value is -0.660. The number of carboxylic acid groups (broad SMARTS) is 1. The molecule has 1 rings (SSSR count). The van der Waals surface area contributed by atoms with E-state index in [2.05, 4.69) is 0 Å². The number of carbonyl (C=O) groups is 1. The van der Waals surface area contributed by atoms with Crippen molar-refractivity contribution in [2.24, 2.45) is 0 Å². The summed E-state index contributed by atoms with van der Waals surface area (Å²) in [4.78, 5) is 10.7. The summed E-state index contributed by atoms with van der Waals surface area (Å²) in [5.41, 5.74) is 0. The molecule has 0 unspecified atom stereocenters. The van der Waals surface area contributed by atoms with Crippen LogP contribution < -0.4 is 0 Å². The molecule has 6 nitrogen and oxygen atoms in total. The van der Waals surface area contributed by atoms with Crippen molar-refractivity contribution >= 4 is 16.0 Å². The van der Waals surface area contributed by atoms with Gasteiger partial charge in [0.25, 0.3) is 0 Å². The van der Waals surface area contributed by atoms with Crippen LogP contribution in [0.2, 0.25) is 0 Å². The number of hydrogen-bond donors (Lipinski definition) is 1. The van der Waals surface area contributed by atoms with Crippen LogP contribution in [-0.4, -0.2) is 55.4 Å². The monoisotopic (exact) mass is 265 g/mol. The van der Waals surface area contributed by atoms with Gasteiger partial charge in [-0.05, 0) is 19.3 Å². The van der Waals surface area contributed by atoms with E-state index in [0.29, 0.717) is 19.3 Å². The Morgan fingerprint density at radius 3 is 2.41 bits per heavy atom. The molecule has 1 aliphatic carbocycles. The van der Waals surface area contributed by atoms with Gasteiger partial charge >= 0.3 is 5.97 Å². The first kappa shape index (κ1) is 14.4. The molecule has 0 bridgehead atoms. The lowest BCUT2D eigenvalue weighted by Gasteiger charge is -2.25. The van der Waals surface area contributed by atoms with Gasteiger partial charge in [0.05, 0.1) is 6.61 Å². The van der Waals surface area contributed by atoms with Gasteiger partial charge in [-0.2, -0.15) is 4.31 Å². The molecule has 0 heterocycles. The molecule has 1 N–H and O–H groups in total. The summed E-state index contributed by atoms with van der Waals surface area (Å²) in [5, 5.41) is 8.75. The summed E-state index contributed by atoms with van der Waals surface area (Å²) in [6.45, 7) is 1.72. The molecule has 0 radical (unpaired) electrons. The Bertz CT molecular complexity index is 374. The minimum atomic E-state index is -3.58. The Balaban J connectivity index is 2.88. The number of hydrogen-bond acceptors (Lipinski definition) is 4. The maximum Gasteiger partial charge on any atom is 0.318 e. The molecule has 100 valence electrons. The molecule has 7 heteroatoms. The molecule has 0 amide bonds. The first-order valence-electron chi connectivity index (χ1n) is 5.60. The van der Waals surface area contributed by atoms with Gasteiger partial charge < -0.3 is 9.84 Å². The number of rotatable bonds is 8. The second kappa shape index (κ2) is 5.32. The smallest absolute Gasteiger partial charge is 0.318 e. The van der Waals surface area contributed by atoms with Crippen LogP contribution in [0, 0.1) is 0 Å². The molecular weight excluding hydrogens is 246 g/mol. The number of nitrogens with zero attached hydrogens (tertiary/aromatic N) is 1. The van der Waals surface area contributed by atoms with Crippen molar-refractivity contribution in [2.45, 2.75) is 30.9 Å². The van der Waals surface area contributed by atoms with Gasteiger partial charge in [0.1, 0.15) is 11.3 Å². The summed E-state index contributed by atoms with van der Waals surface area (Å²) in [7, 11) is -2.13. The van der Waals surface area contributed by atoms with Gasteiger partial charge in [0.15, 0.2) is 0 Å². The van der Waals surface area contributed by atoms with Gasteiger partial charge in [-0.25, -0.2) is 8.42 Å². The highest BCUT2D eigenvalue weighted by Gasteiger charge is 2.57. The maximum atomic E-state index is 12.3. The van der Waals surface area contributed by atoms with E-state index < -0.39 is 27.3 Å². The quantitative estimate of drug-likeness (QED) is 0.682. The zero-order chi connectivity index (χ0) is 13.1. The average Bonchev–Trinajstić information content (AvgIpc) is 2.98. The topological polar surface area (TPSA) is 83.9 Å². The summed E-state index contributed by atoms with van der Waals surface area (Å²) in [6, 6.07) is 0. The van der Waals surface area contributed by atoms with Crippen molar-refractivity contribution in [3.8, 4) is 0 Å². The van der Waals surface area contributed by atoms with E-state index in [1.807, 2.05) is 6.92 Å². The highest BCUT2D eigenvalue weighted by Crippen LogP contribution is 2.45. The normalized spacial score (nSPS) is 18.3. The highest BCUT2D eigenvalue weighted by atomic mass is 32.2. The number of carboxylic acids is 1. The first-order valence-corrected chi connectivity index (χ1v) is 7.04. The van der Waals surface area contributed by atoms with Gasteiger partial charge in [0.2, 0.25) is 10.0 Å². The van der Waals surface area contributed by atoms with E-state index in [0.717, 1.165) is 4.31 Å². The lowest BCUT2D eigenvalue weighted by atomic mass is 10.4. The van der Waals surface area contributed by atoms with Gasteiger partial charge in [-0.3, -0.25) is 4.79 Å². The van der Waals surface area contributed by atoms with E-state index >= 15 is 0 Å². The number of methoxy groups -OCH3 is 1. The van der Waals surface area contributed by atoms with E-state index in [4.69, 9.17) is 9.84 Å². The van der Waals surface area contributed by atoms with E-state index in [9.17, 15) is 13.2 Å². The van der Waals surface area contributed by atoms with Crippen LogP contribution in [0.25, 0.3) is 0 Å². The SMILES string of the molecule is CCCN(CC(=O)O)S(=O)(=O)C1(COC)CC1. The first-order chi connectivity index (χ1) is 7.89. The Labute approximate surface area is 102 Å². The zero-order valence-electron chi connectivity index (χ0n) is 10.2. The fourth-order valence-corrected chi connectivity index (χ4v) is 3.97. The zero-order valence-corrected chi connectivity index (χ0v) is 11.0. The minimum Gasteiger partial charge on any atom is -0.480 e. The van der Waals surface area contributed by atoms with Crippen LogP contribution >= 0.6 is 0 Å². The summed E-state index contributed by atoms with van der Waals surface area (Å²) in [6.07, 6.45) is 1.68. The van der Waals surface area contributed by atoms with Crippen LogP contribution in [0.1, 0.15) is 26.2 Å². The summed E-state index contributed by atoms with van der Waals surface area (Å²) >= 11 is 0. The van der Waals surface area contributed by atoms with Gasteiger partial charge in [-0.1, -0.05) is 6.92 Å². The third kappa shape index (κ3) is 2.97. The number of aliphatic carboxylic acids is 1. The lowest BCUT2D eigenvalue weighted by Crippen LogP contribution is -2.45. The molecule has 0 saturated heterocycles. The fraction of sp³-hybridized carbons (Fsp3) is 0.900. The molecule has 1 fully saturated rings. The molecule has 17 heavy (non-hydrogen) atoms. The van der Waals surface area contributed by atoms with Gasteiger partial charge in [0, 0.05) is 13.7 Å². The van der Waals surface area contributed by atoms with Crippen LogP contribution in [0.15, 0.2) is 0 Å². The van der Waals surface area contributed by atoms with Crippen LogP contribution in [0.3, 0.4) is 0 Å². The van der Waals surface area contributed by atoms with Crippen molar-refractivity contribution in [3.63, 3.8) is 0 Å². The molecule has 1 saturated carbocycles. The molecule has 0 atom stereocenters. The average molecular weight is 265 g/mol. The molecule has 0 aromatic rings. The Morgan fingerprint density at radius 2 is 2.06 bits per heavy atom. The second-order valence-corrected chi connectivity index (χ2v) is 6.68. The van der Waals surface area contributed by atoms with E-state index in [-0.39, 0.29) is 13.2 Å². The van der Waals surface area contributed by atoms with Crippen molar-refractivity contribution in [2.75, 3.05) is 26.8 Å². The van der Waals surface area contributed by atoms with E-state index in [1.54, 1.807) is 0 Å². The van der Waals surface area contributed by atoms with E-state index in [1.165, 1.54) is 7.11 Å². The Kier molecular flexibility index (Phi) is 4.51. The largest absolute Gasteiger partial charge is 0.480 e. The summed E-state index contributed by atoms with van der Waals surface area (Å²) in [5.74, 6) is -1.13. The fourth-order valence-electron chi connectivity index (χ4n) is 1.84. The predicted octanol–water partition coefficient (Wildman–Crippen LogP) is 0.292. The molecule has 1 aliphatic rings. The second-order valence-electron chi connectivity index (χ2n) is 4.35. The Morgan fingerprint density at radius 1 is 1.47 bits per heavy atom. The summed E-state index contributed by atoms with van der Waals surface area (Å²) < 4.78 is 29.7. The van der Waals surface area contributed by atoms with Gasteiger partial charge in [-0.15, -0.1) is 0 Å². The molecule has 0 aromatic heterocycles.